The van der Waals surface area contributed by atoms with Crippen molar-refractivity contribution in [3.8, 4) is 5.75 Å². The molecule has 1 fully saturated rings. The molecule has 1 aliphatic heterocycles. The summed E-state index contributed by atoms with van der Waals surface area (Å²) in [5.41, 5.74) is 0.582. The third-order valence-corrected chi connectivity index (χ3v) is 5.41. The van der Waals surface area contributed by atoms with Gasteiger partial charge in [-0.05, 0) is 17.9 Å². The molecule has 27 heavy (non-hydrogen) atoms. The van der Waals surface area contributed by atoms with Gasteiger partial charge in [0.25, 0.3) is 5.91 Å². The molecule has 0 saturated carbocycles. The van der Waals surface area contributed by atoms with Crippen molar-refractivity contribution < 1.29 is 14.3 Å². The van der Waals surface area contributed by atoms with E-state index in [-0.39, 0.29) is 5.91 Å². The summed E-state index contributed by atoms with van der Waals surface area (Å²) in [6.07, 6.45) is 2.01. The van der Waals surface area contributed by atoms with Gasteiger partial charge < -0.3 is 14.8 Å². The smallest absolute Gasteiger partial charge is 0.255 e. The van der Waals surface area contributed by atoms with Crippen molar-refractivity contribution in [3.05, 3.63) is 40.4 Å². The first-order valence-electron chi connectivity index (χ1n) is 9.63. The molecule has 1 amide bonds. The molecule has 0 radical (unpaired) electrons. The zero-order valence-corrected chi connectivity index (χ0v) is 17.4. The van der Waals surface area contributed by atoms with Gasteiger partial charge in [-0.25, -0.2) is 0 Å². The molecule has 146 valence electrons. The van der Waals surface area contributed by atoms with Gasteiger partial charge in [-0.1, -0.05) is 53.5 Å². The highest BCUT2D eigenvalue weighted by atomic mass is 79.9. The normalized spacial score (nSPS) is 15.0. The minimum atomic E-state index is -0.0961. The van der Waals surface area contributed by atoms with Gasteiger partial charge >= 0.3 is 0 Å². The van der Waals surface area contributed by atoms with E-state index in [2.05, 4.69) is 33.1 Å². The van der Waals surface area contributed by atoms with Crippen LogP contribution >= 0.6 is 15.9 Å². The summed E-state index contributed by atoms with van der Waals surface area (Å²) in [6, 6.07) is 9.87. The van der Waals surface area contributed by atoms with Crippen molar-refractivity contribution >= 4 is 32.6 Å². The van der Waals surface area contributed by atoms with Gasteiger partial charge in [-0.2, -0.15) is 0 Å². The number of fused-ring (bicyclic) bond motifs is 1. The summed E-state index contributed by atoms with van der Waals surface area (Å²) < 4.78 is 12.3. The minimum absolute atomic E-state index is 0.0961. The van der Waals surface area contributed by atoms with Crippen LogP contribution in [0.4, 0.5) is 0 Å². The van der Waals surface area contributed by atoms with Crippen molar-refractivity contribution in [2.45, 2.75) is 19.8 Å². The fraction of sp³-hybridized carbons (Fsp3) is 0.476. The fourth-order valence-electron chi connectivity index (χ4n) is 3.19. The molecule has 0 aliphatic carbocycles. The zero-order valence-electron chi connectivity index (χ0n) is 15.8. The number of nitrogens with one attached hydrogen (secondary N) is 1. The lowest BCUT2D eigenvalue weighted by Gasteiger charge is -2.26. The summed E-state index contributed by atoms with van der Waals surface area (Å²) in [6.45, 7) is 7.54. The van der Waals surface area contributed by atoms with E-state index in [0.29, 0.717) is 24.5 Å². The number of rotatable bonds is 8. The van der Waals surface area contributed by atoms with Gasteiger partial charge in [0.05, 0.1) is 25.4 Å². The molecule has 0 bridgehead atoms. The number of carbonyl (C=O) groups excluding carboxylic acids is 1. The lowest BCUT2D eigenvalue weighted by atomic mass is 10.0. The van der Waals surface area contributed by atoms with Crippen LogP contribution in [0.5, 0.6) is 5.75 Å². The molecule has 1 aliphatic rings. The van der Waals surface area contributed by atoms with Crippen molar-refractivity contribution in [1.29, 1.82) is 0 Å². The molecule has 3 rings (SSSR count). The Kier molecular flexibility index (Phi) is 7.50. The van der Waals surface area contributed by atoms with Crippen molar-refractivity contribution in [2.24, 2.45) is 0 Å². The molecule has 1 saturated heterocycles. The number of ether oxygens (including phenoxy) is 2. The Morgan fingerprint density at radius 1 is 1.26 bits per heavy atom. The predicted octanol–water partition coefficient (Wildman–Crippen LogP) is 3.84. The molecule has 1 N–H and O–H groups in total. The van der Waals surface area contributed by atoms with Crippen LogP contribution in [0.1, 0.15) is 30.1 Å². The van der Waals surface area contributed by atoms with Crippen molar-refractivity contribution in [3.63, 3.8) is 0 Å². The second kappa shape index (κ2) is 10.1. The Morgan fingerprint density at radius 3 is 2.74 bits per heavy atom. The minimum Gasteiger partial charge on any atom is -0.492 e. The number of hydrogen-bond donors (Lipinski definition) is 1. The van der Waals surface area contributed by atoms with E-state index in [1.165, 1.54) is 0 Å². The number of benzene rings is 2. The summed E-state index contributed by atoms with van der Waals surface area (Å²) >= 11 is 3.61. The Balaban J connectivity index is 1.76. The summed E-state index contributed by atoms with van der Waals surface area (Å²) in [5, 5.41) is 5.06. The Bertz CT molecular complexity index is 775. The highest BCUT2D eigenvalue weighted by molar-refractivity contribution is 9.10. The van der Waals surface area contributed by atoms with Crippen LogP contribution in [0, 0.1) is 0 Å². The molecule has 5 nitrogen and oxygen atoms in total. The van der Waals surface area contributed by atoms with E-state index in [4.69, 9.17) is 9.47 Å². The van der Waals surface area contributed by atoms with Crippen LogP contribution in [0.15, 0.2) is 34.8 Å². The first-order valence-corrected chi connectivity index (χ1v) is 10.4. The molecule has 0 unspecified atom stereocenters. The molecule has 2 aromatic rings. The molecule has 2 aromatic carbocycles. The van der Waals surface area contributed by atoms with E-state index in [0.717, 1.165) is 60.9 Å². The first-order chi connectivity index (χ1) is 13.2. The van der Waals surface area contributed by atoms with Crippen LogP contribution in [-0.2, 0) is 4.74 Å². The molecule has 6 heteroatoms. The highest BCUT2D eigenvalue weighted by Crippen LogP contribution is 2.35. The largest absolute Gasteiger partial charge is 0.492 e. The summed E-state index contributed by atoms with van der Waals surface area (Å²) in [5.74, 6) is 0.576. The Labute approximate surface area is 169 Å². The van der Waals surface area contributed by atoms with Gasteiger partial charge in [-0.15, -0.1) is 0 Å². The number of hydrogen-bond acceptors (Lipinski definition) is 4. The van der Waals surface area contributed by atoms with Crippen LogP contribution in [0.25, 0.3) is 10.8 Å². The van der Waals surface area contributed by atoms with Crippen molar-refractivity contribution in [2.75, 3.05) is 46.0 Å². The number of unbranched alkanes of at least 4 members (excludes halogenated alkanes) is 1. The monoisotopic (exact) mass is 434 g/mol. The molecule has 0 spiro atoms. The third-order valence-electron chi connectivity index (χ3n) is 4.75. The maximum Gasteiger partial charge on any atom is 0.255 e. The quantitative estimate of drug-likeness (QED) is 0.641. The van der Waals surface area contributed by atoms with Gasteiger partial charge in [0, 0.05) is 36.0 Å². The van der Waals surface area contributed by atoms with Crippen molar-refractivity contribution in [1.82, 2.24) is 10.2 Å². The van der Waals surface area contributed by atoms with Crippen LogP contribution in [0.2, 0.25) is 0 Å². The second-order valence-corrected chi connectivity index (χ2v) is 7.55. The average molecular weight is 435 g/mol. The molecular formula is C21H27BrN2O3. The Morgan fingerprint density at radius 2 is 2.00 bits per heavy atom. The van der Waals surface area contributed by atoms with Crippen LogP contribution in [-0.4, -0.2) is 56.8 Å². The standard InChI is InChI=1S/C21H27BrN2O3/c1-2-3-12-27-20-17-7-5-4-6-16(17)19(22)15-18(20)21(25)23-8-9-24-10-13-26-14-11-24/h4-7,15H,2-3,8-14H2,1H3,(H,23,25). The predicted molar refractivity (Wildman–Crippen MR) is 112 cm³/mol. The molecule has 0 aromatic heterocycles. The van der Waals surface area contributed by atoms with E-state index < -0.39 is 0 Å². The van der Waals surface area contributed by atoms with E-state index >= 15 is 0 Å². The lowest BCUT2D eigenvalue weighted by molar-refractivity contribution is 0.0383. The average Bonchev–Trinajstić information content (AvgIpc) is 2.70. The molecular weight excluding hydrogens is 408 g/mol. The number of carbonyl (C=O) groups is 1. The first kappa shape index (κ1) is 20.1. The zero-order chi connectivity index (χ0) is 19.1. The molecule has 0 atom stereocenters. The topological polar surface area (TPSA) is 50.8 Å². The highest BCUT2D eigenvalue weighted by Gasteiger charge is 2.18. The van der Waals surface area contributed by atoms with E-state index in [1.54, 1.807) is 0 Å². The number of nitrogens with zero attached hydrogens (tertiary/aromatic N) is 1. The SMILES string of the molecule is CCCCOc1c(C(=O)NCCN2CCOCC2)cc(Br)c2ccccc12. The van der Waals surface area contributed by atoms with E-state index in [9.17, 15) is 4.79 Å². The van der Waals surface area contributed by atoms with Crippen LogP contribution < -0.4 is 10.1 Å². The van der Waals surface area contributed by atoms with Gasteiger partial charge in [0.15, 0.2) is 0 Å². The number of amides is 1. The second-order valence-electron chi connectivity index (χ2n) is 6.69. The van der Waals surface area contributed by atoms with E-state index in [1.807, 2.05) is 30.3 Å². The maximum absolute atomic E-state index is 12.9. The number of halogens is 1. The van der Waals surface area contributed by atoms with Gasteiger partial charge in [0.1, 0.15) is 5.75 Å². The maximum atomic E-state index is 12.9. The summed E-state index contributed by atoms with van der Waals surface area (Å²) in [7, 11) is 0. The number of morpholine rings is 1. The third kappa shape index (κ3) is 5.21. The summed E-state index contributed by atoms with van der Waals surface area (Å²) in [4.78, 5) is 15.2. The van der Waals surface area contributed by atoms with Gasteiger partial charge in [0.2, 0.25) is 0 Å². The lowest BCUT2D eigenvalue weighted by Crippen LogP contribution is -2.41. The molecule has 1 heterocycles. The fourth-order valence-corrected chi connectivity index (χ4v) is 3.77. The van der Waals surface area contributed by atoms with Crippen LogP contribution in [0.3, 0.4) is 0 Å². The van der Waals surface area contributed by atoms with Gasteiger partial charge in [-0.3, -0.25) is 9.69 Å². The Hall–Kier alpha value is -1.63.